The summed E-state index contributed by atoms with van der Waals surface area (Å²) in [5.74, 6) is -3.75. The number of rotatable bonds is 8. The third-order valence-corrected chi connectivity index (χ3v) is 3.41. The van der Waals surface area contributed by atoms with Crippen LogP contribution in [0.3, 0.4) is 0 Å². The van der Waals surface area contributed by atoms with Gasteiger partial charge in [0.15, 0.2) is 0 Å². The Morgan fingerprint density at radius 2 is 2.12 bits per heavy atom. The maximum atomic E-state index is 12.3. The normalized spacial score (nSPS) is 13.6. The summed E-state index contributed by atoms with van der Waals surface area (Å²) in [6, 6.07) is 0. The third-order valence-electron chi connectivity index (χ3n) is 1.88. The molecule has 0 saturated heterocycles. The molecule has 0 atom stereocenters. The maximum absolute atomic E-state index is 12.3. The molecule has 0 rings (SSSR count). The summed E-state index contributed by atoms with van der Waals surface area (Å²) in [7, 11) is -3.37. The minimum Gasteiger partial charge on any atom is -0.409 e. The van der Waals surface area contributed by atoms with Gasteiger partial charge in [-0.3, -0.25) is 0 Å². The molecule has 0 unspecified atom stereocenters. The van der Waals surface area contributed by atoms with Crippen molar-refractivity contribution in [2.45, 2.75) is 12.2 Å². The molecule has 0 heterocycles. The van der Waals surface area contributed by atoms with E-state index in [9.17, 15) is 17.2 Å². The van der Waals surface area contributed by atoms with E-state index >= 15 is 0 Å². The molecule has 0 fully saturated rings. The molecule has 0 spiro atoms. The molecule has 3 N–H and O–H groups in total. The van der Waals surface area contributed by atoms with Crippen molar-refractivity contribution in [3.8, 4) is 0 Å². The van der Waals surface area contributed by atoms with Gasteiger partial charge in [-0.05, 0) is 0 Å². The first-order valence-electron chi connectivity index (χ1n) is 4.58. The number of methoxy groups -OCH3 is 1. The summed E-state index contributed by atoms with van der Waals surface area (Å²) in [6.07, 6.45) is -0.147. The number of amidine groups is 1. The second kappa shape index (κ2) is 7.35. The van der Waals surface area contributed by atoms with E-state index < -0.39 is 15.8 Å². The highest BCUT2D eigenvalue weighted by molar-refractivity contribution is 7.89. The summed E-state index contributed by atoms with van der Waals surface area (Å²) < 4.78 is 52.2. The third kappa shape index (κ3) is 5.24. The lowest BCUT2D eigenvalue weighted by atomic mass is 10.4. The topological polar surface area (TPSA) is 105 Å². The van der Waals surface area contributed by atoms with Crippen molar-refractivity contribution in [3.05, 3.63) is 0 Å². The predicted octanol–water partition coefficient (Wildman–Crippen LogP) is -0.376. The van der Waals surface area contributed by atoms with E-state index in [0.29, 0.717) is 4.31 Å². The Bertz CT molecular complexity index is 347. The monoisotopic (exact) mass is 275 g/mol. The van der Waals surface area contributed by atoms with Crippen molar-refractivity contribution < 1.29 is 27.1 Å². The summed E-state index contributed by atoms with van der Waals surface area (Å²) in [4.78, 5) is 0. The van der Waals surface area contributed by atoms with Gasteiger partial charge in [0.2, 0.25) is 0 Å². The van der Waals surface area contributed by atoms with Gasteiger partial charge in [0.05, 0.1) is 6.61 Å². The van der Waals surface area contributed by atoms with E-state index in [4.69, 9.17) is 10.9 Å². The van der Waals surface area contributed by atoms with Gasteiger partial charge < -0.3 is 15.7 Å². The van der Waals surface area contributed by atoms with Crippen molar-refractivity contribution >= 4 is 15.9 Å². The molecule has 17 heavy (non-hydrogen) atoms. The van der Waals surface area contributed by atoms with Gasteiger partial charge in [0, 0.05) is 26.6 Å². The lowest BCUT2D eigenvalue weighted by Gasteiger charge is -2.20. The molecule has 0 aliphatic heterocycles. The second-order valence-corrected chi connectivity index (χ2v) is 4.94. The number of alkyl halides is 2. The smallest absolute Gasteiger partial charge is 0.350 e. The van der Waals surface area contributed by atoms with Crippen molar-refractivity contribution in [2.24, 2.45) is 10.9 Å². The van der Waals surface area contributed by atoms with Gasteiger partial charge in [0.1, 0.15) is 5.84 Å². The van der Waals surface area contributed by atoms with E-state index in [-0.39, 0.29) is 32.0 Å². The van der Waals surface area contributed by atoms with Crippen LogP contribution in [0.15, 0.2) is 5.16 Å². The Hall–Kier alpha value is -1.00. The first-order valence-corrected chi connectivity index (χ1v) is 6.09. The zero-order valence-electron chi connectivity index (χ0n) is 9.21. The number of nitrogens with zero attached hydrogens (tertiary/aromatic N) is 2. The van der Waals surface area contributed by atoms with Crippen LogP contribution in [0.2, 0.25) is 0 Å². The van der Waals surface area contributed by atoms with Crippen LogP contribution in [0, 0.1) is 0 Å². The van der Waals surface area contributed by atoms with Crippen molar-refractivity contribution in [2.75, 3.05) is 26.8 Å². The minimum absolute atomic E-state index is 0.0257. The Morgan fingerprint density at radius 3 is 2.53 bits per heavy atom. The quantitative estimate of drug-likeness (QED) is 0.272. The average molecular weight is 275 g/mol. The summed E-state index contributed by atoms with van der Waals surface area (Å²) in [5, 5.41) is 10.9. The Labute approximate surface area is 97.9 Å². The first kappa shape index (κ1) is 16.0. The SMILES string of the molecule is COCCN(CCC(N)=NO)S(=O)(=O)C(F)F. The number of ether oxygens (including phenoxy) is 1. The summed E-state index contributed by atoms with van der Waals surface area (Å²) in [6.45, 7) is -0.546. The van der Waals surface area contributed by atoms with Crippen LogP contribution in [0.5, 0.6) is 0 Å². The molecule has 7 nitrogen and oxygen atoms in total. The highest BCUT2D eigenvalue weighted by Crippen LogP contribution is 2.12. The predicted molar refractivity (Wildman–Crippen MR) is 56.4 cm³/mol. The van der Waals surface area contributed by atoms with Gasteiger partial charge in [-0.15, -0.1) is 0 Å². The Kier molecular flexibility index (Phi) is 6.92. The number of oxime groups is 1. The van der Waals surface area contributed by atoms with Crippen LogP contribution in [0.1, 0.15) is 6.42 Å². The molecule has 0 saturated carbocycles. The molecule has 0 aromatic rings. The number of nitrogens with two attached hydrogens (primary N) is 1. The van der Waals surface area contributed by atoms with E-state index in [1.54, 1.807) is 0 Å². The Morgan fingerprint density at radius 1 is 1.53 bits per heavy atom. The molecule has 0 aliphatic carbocycles. The van der Waals surface area contributed by atoms with Gasteiger partial charge in [0.25, 0.3) is 10.0 Å². The minimum atomic E-state index is -4.69. The van der Waals surface area contributed by atoms with E-state index in [0.717, 1.165) is 0 Å². The van der Waals surface area contributed by atoms with Gasteiger partial charge in [-0.25, -0.2) is 8.42 Å². The number of hydrogen-bond donors (Lipinski definition) is 2. The molecule has 0 radical (unpaired) electrons. The zero-order valence-corrected chi connectivity index (χ0v) is 10.0. The number of hydrogen-bond acceptors (Lipinski definition) is 5. The van der Waals surface area contributed by atoms with E-state index in [1.165, 1.54) is 7.11 Å². The largest absolute Gasteiger partial charge is 0.409 e. The molecule has 10 heteroatoms. The highest BCUT2D eigenvalue weighted by Gasteiger charge is 2.31. The van der Waals surface area contributed by atoms with Gasteiger partial charge >= 0.3 is 5.76 Å². The summed E-state index contributed by atoms with van der Waals surface area (Å²) >= 11 is 0. The fourth-order valence-electron chi connectivity index (χ4n) is 0.961. The standard InChI is InChI=1S/C7H15F2N3O4S/c1-16-5-4-12(3-2-6(10)11-13)17(14,15)7(8)9/h7,13H,2-5H2,1H3,(H2,10,11). The Balaban J connectivity index is 4.65. The fourth-order valence-corrected chi connectivity index (χ4v) is 1.86. The van der Waals surface area contributed by atoms with E-state index in [2.05, 4.69) is 9.89 Å². The second-order valence-electron chi connectivity index (χ2n) is 3.04. The van der Waals surface area contributed by atoms with Crippen LogP contribution in [0.25, 0.3) is 0 Å². The lowest BCUT2D eigenvalue weighted by Crippen LogP contribution is -2.39. The molecule has 0 aromatic carbocycles. The molecule has 0 bridgehead atoms. The maximum Gasteiger partial charge on any atom is 0.350 e. The summed E-state index contributed by atoms with van der Waals surface area (Å²) in [5.41, 5.74) is 5.13. The molecule has 0 amide bonds. The fraction of sp³-hybridized carbons (Fsp3) is 0.857. The van der Waals surface area contributed by atoms with Gasteiger partial charge in [-0.2, -0.15) is 13.1 Å². The molecule has 0 aliphatic rings. The molecular weight excluding hydrogens is 260 g/mol. The number of halogens is 2. The van der Waals surface area contributed by atoms with Crippen LogP contribution >= 0.6 is 0 Å². The van der Waals surface area contributed by atoms with Crippen molar-refractivity contribution in [3.63, 3.8) is 0 Å². The van der Waals surface area contributed by atoms with E-state index in [1.807, 2.05) is 0 Å². The lowest BCUT2D eigenvalue weighted by molar-refractivity contribution is 0.170. The number of sulfonamides is 1. The molecule has 0 aromatic heterocycles. The van der Waals surface area contributed by atoms with Crippen LogP contribution in [0.4, 0.5) is 8.78 Å². The molecule has 102 valence electrons. The van der Waals surface area contributed by atoms with Crippen molar-refractivity contribution in [1.82, 2.24) is 4.31 Å². The van der Waals surface area contributed by atoms with Crippen molar-refractivity contribution in [1.29, 1.82) is 0 Å². The van der Waals surface area contributed by atoms with Crippen LogP contribution in [-0.4, -0.2) is 56.3 Å². The van der Waals surface area contributed by atoms with Crippen LogP contribution < -0.4 is 5.73 Å². The van der Waals surface area contributed by atoms with Gasteiger partial charge in [-0.1, -0.05) is 5.16 Å². The molecular formula is C7H15F2N3O4S. The highest BCUT2D eigenvalue weighted by atomic mass is 32.2. The first-order chi connectivity index (χ1) is 7.86. The van der Waals surface area contributed by atoms with Crippen LogP contribution in [-0.2, 0) is 14.8 Å². The zero-order chi connectivity index (χ0) is 13.5. The average Bonchev–Trinajstić information content (AvgIpc) is 2.28.